The van der Waals surface area contributed by atoms with Gasteiger partial charge in [0.15, 0.2) is 0 Å². The Morgan fingerprint density at radius 3 is 2.68 bits per heavy atom. The molecule has 1 aromatic carbocycles. The Labute approximate surface area is 115 Å². The van der Waals surface area contributed by atoms with E-state index in [0.29, 0.717) is 6.04 Å². The van der Waals surface area contributed by atoms with Crippen LogP contribution in [0.4, 0.5) is 5.69 Å². The van der Waals surface area contributed by atoms with Crippen LogP contribution in [0, 0.1) is 0 Å². The van der Waals surface area contributed by atoms with Crippen LogP contribution in [0.2, 0.25) is 0 Å². The lowest BCUT2D eigenvalue weighted by molar-refractivity contribution is 0.527. The first-order valence-electron chi connectivity index (χ1n) is 7.06. The van der Waals surface area contributed by atoms with E-state index in [2.05, 4.69) is 61.5 Å². The monoisotopic (exact) mass is 257 g/mol. The summed E-state index contributed by atoms with van der Waals surface area (Å²) in [5.41, 5.74) is 3.69. The van der Waals surface area contributed by atoms with E-state index in [4.69, 9.17) is 0 Å². The van der Waals surface area contributed by atoms with Gasteiger partial charge < -0.3 is 5.32 Å². The average Bonchev–Trinajstić information content (AvgIpc) is 2.87. The first-order chi connectivity index (χ1) is 9.20. The van der Waals surface area contributed by atoms with Gasteiger partial charge in [-0.15, -0.1) is 0 Å². The minimum Gasteiger partial charge on any atom is -0.379 e. The normalized spacial score (nSPS) is 10.9. The van der Waals surface area contributed by atoms with E-state index < -0.39 is 0 Å². The van der Waals surface area contributed by atoms with E-state index in [9.17, 15) is 0 Å². The molecule has 1 aromatic heterocycles. The van der Waals surface area contributed by atoms with Gasteiger partial charge in [-0.05, 0) is 38.0 Å². The summed E-state index contributed by atoms with van der Waals surface area (Å²) in [6.45, 7) is 7.27. The molecule has 3 heteroatoms. The third-order valence-electron chi connectivity index (χ3n) is 3.19. The molecule has 0 saturated carbocycles. The fourth-order valence-corrected chi connectivity index (χ4v) is 2.13. The predicted octanol–water partition coefficient (Wildman–Crippen LogP) is 4.03. The molecular formula is C16H23N3. The summed E-state index contributed by atoms with van der Waals surface area (Å²) in [5.74, 6) is 0. The van der Waals surface area contributed by atoms with Crippen molar-refractivity contribution in [1.29, 1.82) is 0 Å². The van der Waals surface area contributed by atoms with Gasteiger partial charge in [0.05, 0.1) is 12.2 Å². The standard InChI is InChI=1S/C16H23N3/c1-4-7-14-8-5-6-9-16(14)17-12-15-10-11-19(18-15)13(2)3/h5-6,8-11,13,17H,4,7,12H2,1-3H3. The molecule has 2 aromatic rings. The maximum atomic E-state index is 4.55. The Hall–Kier alpha value is -1.77. The van der Waals surface area contributed by atoms with E-state index in [1.807, 2.05) is 10.9 Å². The SMILES string of the molecule is CCCc1ccccc1NCc1ccn(C(C)C)n1. The summed E-state index contributed by atoms with van der Waals surface area (Å²) in [6.07, 6.45) is 4.32. The zero-order valence-electron chi connectivity index (χ0n) is 12.1. The van der Waals surface area contributed by atoms with Gasteiger partial charge in [-0.1, -0.05) is 31.5 Å². The van der Waals surface area contributed by atoms with Crippen LogP contribution in [-0.2, 0) is 13.0 Å². The number of hydrogen-bond donors (Lipinski definition) is 1. The Kier molecular flexibility index (Phi) is 4.61. The Morgan fingerprint density at radius 1 is 1.21 bits per heavy atom. The van der Waals surface area contributed by atoms with Crippen molar-refractivity contribution in [2.24, 2.45) is 0 Å². The number of para-hydroxylation sites is 1. The van der Waals surface area contributed by atoms with E-state index >= 15 is 0 Å². The molecule has 0 unspecified atom stereocenters. The Balaban J connectivity index is 2.01. The molecule has 0 amide bonds. The maximum absolute atomic E-state index is 4.55. The highest BCUT2D eigenvalue weighted by Crippen LogP contribution is 2.17. The first-order valence-corrected chi connectivity index (χ1v) is 7.06. The second-order valence-corrected chi connectivity index (χ2v) is 5.14. The van der Waals surface area contributed by atoms with E-state index in [-0.39, 0.29) is 0 Å². The number of rotatable bonds is 6. The molecular weight excluding hydrogens is 234 g/mol. The van der Waals surface area contributed by atoms with Crippen LogP contribution in [0.5, 0.6) is 0 Å². The number of benzene rings is 1. The van der Waals surface area contributed by atoms with Crippen molar-refractivity contribution in [2.45, 2.75) is 46.2 Å². The minimum absolute atomic E-state index is 0.418. The fourth-order valence-electron chi connectivity index (χ4n) is 2.13. The summed E-state index contributed by atoms with van der Waals surface area (Å²) < 4.78 is 2.00. The second kappa shape index (κ2) is 6.41. The van der Waals surface area contributed by atoms with E-state index in [1.165, 1.54) is 17.7 Å². The quantitative estimate of drug-likeness (QED) is 0.846. The topological polar surface area (TPSA) is 29.9 Å². The molecule has 0 aliphatic carbocycles. The number of aromatic nitrogens is 2. The summed E-state index contributed by atoms with van der Waals surface area (Å²) in [5, 5.41) is 8.05. The molecule has 0 atom stereocenters. The van der Waals surface area contributed by atoms with Crippen molar-refractivity contribution in [3.05, 3.63) is 47.8 Å². The van der Waals surface area contributed by atoms with Gasteiger partial charge in [0, 0.05) is 17.9 Å². The summed E-state index contributed by atoms with van der Waals surface area (Å²) in [4.78, 5) is 0. The zero-order valence-corrected chi connectivity index (χ0v) is 12.1. The van der Waals surface area contributed by atoms with Crippen molar-refractivity contribution in [3.8, 4) is 0 Å². The lowest BCUT2D eigenvalue weighted by Gasteiger charge is -2.10. The van der Waals surface area contributed by atoms with Gasteiger partial charge in [0.2, 0.25) is 0 Å². The highest BCUT2D eigenvalue weighted by Gasteiger charge is 2.04. The van der Waals surface area contributed by atoms with Crippen molar-refractivity contribution in [1.82, 2.24) is 9.78 Å². The van der Waals surface area contributed by atoms with Crippen molar-refractivity contribution in [3.63, 3.8) is 0 Å². The number of hydrogen-bond acceptors (Lipinski definition) is 2. The lowest BCUT2D eigenvalue weighted by atomic mass is 10.1. The largest absolute Gasteiger partial charge is 0.379 e. The molecule has 1 N–H and O–H groups in total. The number of nitrogens with one attached hydrogen (secondary N) is 1. The van der Waals surface area contributed by atoms with Gasteiger partial charge in [-0.2, -0.15) is 5.10 Å². The van der Waals surface area contributed by atoms with Crippen LogP contribution in [0.1, 0.15) is 44.5 Å². The molecule has 3 nitrogen and oxygen atoms in total. The molecule has 1 heterocycles. The summed E-state index contributed by atoms with van der Waals surface area (Å²) in [7, 11) is 0. The third-order valence-corrected chi connectivity index (χ3v) is 3.19. The highest BCUT2D eigenvalue weighted by molar-refractivity contribution is 5.51. The van der Waals surface area contributed by atoms with Gasteiger partial charge >= 0.3 is 0 Å². The molecule has 0 spiro atoms. The molecule has 0 bridgehead atoms. The Morgan fingerprint density at radius 2 is 2.00 bits per heavy atom. The molecule has 0 radical (unpaired) electrons. The Bertz CT molecular complexity index is 514. The average molecular weight is 257 g/mol. The first kappa shape index (κ1) is 13.7. The maximum Gasteiger partial charge on any atom is 0.0815 e. The van der Waals surface area contributed by atoms with Crippen LogP contribution in [0.15, 0.2) is 36.5 Å². The smallest absolute Gasteiger partial charge is 0.0815 e. The van der Waals surface area contributed by atoms with Gasteiger partial charge in [0.25, 0.3) is 0 Å². The molecule has 19 heavy (non-hydrogen) atoms. The second-order valence-electron chi connectivity index (χ2n) is 5.14. The van der Waals surface area contributed by atoms with Crippen LogP contribution in [0.3, 0.4) is 0 Å². The highest BCUT2D eigenvalue weighted by atomic mass is 15.3. The number of aryl methyl sites for hydroxylation is 1. The lowest BCUT2D eigenvalue weighted by Crippen LogP contribution is -2.05. The molecule has 0 saturated heterocycles. The predicted molar refractivity (Wildman–Crippen MR) is 80.4 cm³/mol. The van der Waals surface area contributed by atoms with Gasteiger partial charge in [0.1, 0.15) is 0 Å². The zero-order chi connectivity index (χ0) is 13.7. The molecule has 0 fully saturated rings. The van der Waals surface area contributed by atoms with Crippen molar-refractivity contribution in [2.75, 3.05) is 5.32 Å². The van der Waals surface area contributed by atoms with Crippen molar-refractivity contribution >= 4 is 5.69 Å². The van der Waals surface area contributed by atoms with E-state index in [0.717, 1.165) is 18.7 Å². The summed E-state index contributed by atoms with van der Waals surface area (Å²) >= 11 is 0. The van der Waals surface area contributed by atoms with Gasteiger partial charge in [-0.25, -0.2) is 0 Å². The van der Waals surface area contributed by atoms with E-state index in [1.54, 1.807) is 0 Å². The van der Waals surface area contributed by atoms with Crippen LogP contribution in [0.25, 0.3) is 0 Å². The van der Waals surface area contributed by atoms with Crippen molar-refractivity contribution < 1.29 is 0 Å². The molecule has 0 aliphatic heterocycles. The van der Waals surface area contributed by atoms with Crippen LogP contribution < -0.4 is 5.32 Å². The van der Waals surface area contributed by atoms with Gasteiger partial charge in [-0.3, -0.25) is 4.68 Å². The fraction of sp³-hybridized carbons (Fsp3) is 0.438. The molecule has 102 valence electrons. The molecule has 2 rings (SSSR count). The minimum atomic E-state index is 0.418. The number of anilines is 1. The number of nitrogens with zero attached hydrogens (tertiary/aromatic N) is 2. The third kappa shape index (κ3) is 3.60. The summed E-state index contributed by atoms with van der Waals surface area (Å²) in [6, 6.07) is 11.0. The van der Waals surface area contributed by atoms with Crippen LogP contribution >= 0.6 is 0 Å². The van der Waals surface area contributed by atoms with Crippen LogP contribution in [-0.4, -0.2) is 9.78 Å². The molecule has 0 aliphatic rings.